The van der Waals surface area contributed by atoms with E-state index >= 15 is 4.39 Å². The van der Waals surface area contributed by atoms with Crippen molar-refractivity contribution >= 4 is 0 Å². The molecule has 0 amide bonds. The van der Waals surface area contributed by atoms with Crippen molar-refractivity contribution in [1.82, 2.24) is 4.90 Å². The number of phenols is 1. The summed E-state index contributed by atoms with van der Waals surface area (Å²) in [6, 6.07) is 6.53. The highest BCUT2D eigenvalue weighted by atomic mass is 19.1. The highest BCUT2D eigenvalue weighted by Crippen LogP contribution is 2.38. The molecule has 1 aromatic rings. The highest BCUT2D eigenvalue weighted by molar-refractivity contribution is 5.32. The number of phenolic OH excluding ortho intramolecular Hbond substituents is 1. The first-order chi connectivity index (χ1) is 7.90. The molecule has 2 nitrogen and oxygen atoms in total. The minimum atomic E-state index is -1.39. The van der Waals surface area contributed by atoms with Crippen molar-refractivity contribution in [3.8, 4) is 5.75 Å². The van der Waals surface area contributed by atoms with Crippen LogP contribution in [0.3, 0.4) is 0 Å². The molecule has 0 aliphatic rings. The van der Waals surface area contributed by atoms with E-state index in [0.29, 0.717) is 18.5 Å². The predicted molar refractivity (Wildman–Crippen MR) is 68.9 cm³/mol. The molecular weight excluding hydrogens is 217 g/mol. The van der Waals surface area contributed by atoms with Crippen LogP contribution in [0.5, 0.6) is 5.75 Å². The summed E-state index contributed by atoms with van der Waals surface area (Å²) < 4.78 is 15.0. The Bertz CT molecular complexity index is 367. The second-order valence-electron chi connectivity index (χ2n) is 4.93. The second-order valence-corrected chi connectivity index (χ2v) is 4.93. The van der Waals surface area contributed by atoms with E-state index < -0.39 is 5.67 Å². The van der Waals surface area contributed by atoms with Crippen LogP contribution in [0.1, 0.15) is 25.8 Å². The number of nitrogens with zero attached hydrogens (tertiary/aromatic N) is 1. The summed E-state index contributed by atoms with van der Waals surface area (Å²) >= 11 is 0. The lowest BCUT2D eigenvalue weighted by Gasteiger charge is -2.33. The van der Waals surface area contributed by atoms with Gasteiger partial charge in [-0.1, -0.05) is 26.0 Å². The Morgan fingerprint density at radius 2 is 2.06 bits per heavy atom. The summed E-state index contributed by atoms with van der Waals surface area (Å²) in [7, 11) is 3.88. The lowest BCUT2D eigenvalue weighted by Crippen LogP contribution is -2.35. The van der Waals surface area contributed by atoms with Crippen molar-refractivity contribution in [3.63, 3.8) is 0 Å². The number of aromatic hydroxyl groups is 1. The molecule has 1 unspecified atom stereocenters. The van der Waals surface area contributed by atoms with Gasteiger partial charge in [0.15, 0.2) is 0 Å². The van der Waals surface area contributed by atoms with Gasteiger partial charge in [0.1, 0.15) is 11.4 Å². The third-order valence-electron chi connectivity index (χ3n) is 3.26. The molecule has 3 heteroatoms. The molecule has 0 aliphatic carbocycles. The SMILES string of the molecule is CC[C@](F)(c1cccc(O)c1)C(C)CN(C)C. The Hall–Kier alpha value is -1.09. The molecule has 0 bridgehead atoms. The van der Waals surface area contributed by atoms with Gasteiger partial charge in [-0.05, 0) is 38.2 Å². The highest BCUT2D eigenvalue weighted by Gasteiger charge is 2.36. The van der Waals surface area contributed by atoms with Gasteiger partial charge in [-0.3, -0.25) is 0 Å². The Kier molecular flexibility index (Phi) is 4.52. The number of hydrogen-bond donors (Lipinski definition) is 1. The Morgan fingerprint density at radius 3 is 2.53 bits per heavy atom. The standard InChI is InChI=1S/C14H22FNO/c1-5-14(15,11(2)10-16(3)4)12-7-6-8-13(17)9-12/h6-9,11,17H,5,10H2,1-4H3/t11?,14-/m1/s1. The van der Waals surface area contributed by atoms with Gasteiger partial charge in [0, 0.05) is 12.5 Å². The fourth-order valence-electron chi connectivity index (χ4n) is 2.29. The Labute approximate surface area is 103 Å². The van der Waals surface area contributed by atoms with E-state index in [1.807, 2.05) is 32.8 Å². The van der Waals surface area contributed by atoms with Crippen molar-refractivity contribution in [1.29, 1.82) is 0 Å². The van der Waals surface area contributed by atoms with Gasteiger partial charge in [-0.15, -0.1) is 0 Å². The van der Waals surface area contributed by atoms with E-state index in [-0.39, 0.29) is 11.7 Å². The summed E-state index contributed by atoms with van der Waals surface area (Å²) in [5.41, 5.74) is -0.822. The topological polar surface area (TPSA) is 23.5 Å². The van der Waals surface area contributed by atoms with Crippen LogP contribution in [0, 0.1) is 5.92 Å². The van der Waals surface area contributed by atoms with Crippen LogP contribution in [0.15, 0.2) is 24.3 Å². The minimum absolute atomic E-state index is 0.120. The maximum atomic E-state index is 15.0. The molecule has 0 fully saturated rings. The van der Waals surface area contributed by atoms with Gasteiger partial charge in [0.05, 0.1) is 0 Å². The van der Waals surface area contributed by atoms with Crippen molar-refractivity contribution in [2.75, 3.05) is 20.6 Å². The lowest BCUT2D eigenvalue weighted by molar-refractivity contribution is 0.0658. The normalized spacial score (nSPS) is 16.8. The maximum Gasteiger partial charge on any atom is 0.139 e. The van der Waals surface area contributed by atoms with E-state index in [1.54, 1.807) is 18.2 Å². The summed E-state index contributed by atoms with van der Waals surface area (Å²) in [5.74, 6) is -0.000622. The molecule has 1 N–H and O–H groups in total. The van der Waals surface area contributed by atoms with E-state index in [1.165, 1.54) is 6.07 Å². The quantitative estimate of drug-likeness (QED) is 0.853. The summed E-state index contributed by atoms with van der Waals surface area (Å²) in [5, 5.41) is 9.46. The Morgan fingerprint density at radius 1 is 1.41 bits per heavy atom. The number of rotatable bonds is 5. The molecule has 1 aromatic carbocycles. The zero-order valence-electron chi connectivity index (χ0n) is 11.1. The molecule has 2 atom stereocenters. The molecule has 0 spiro atoms. The monoisotopic (exact) mass is 239 g/mol. The van der Waals surface area contributed by atoms with E-state index in [9.17, 15) is 5.11 Å². The molecule has 0 aliphatic heterocycles. The largest absolute Gasteiger partial charge is 0.508 e. The third-order valence-corrected chi connectivity index (χ3v) is 3.26. The van der Waals surface area contributed by atoms with Gasteiger partial charge >= 0.3 is 0 Å². The third kappa shape index (κ3) is 3.19. The van der Waals surface area contributed by atoms with Crippen LogP contribution < -0.4 is 0 Å². The molecule has 0 saturated carbocycles. The first-order valence-electron chi connectivity index (χ1n) is 6.03. The Balaban J connectivity index is 3.02. The fourth-order valence-corrected chi connectivity index (χ4v) is 2.29. The fraction of sp³-hybridized carbons (Fsp3) is 0.571. The lowest BCUT2D eigenvalue weighted by atomic mass is 9.81. The van der Waals surface area contributed by atoms with Crippen molar-refractivity contribution < 1.29 is 9.50 Å². The first-order valence-corrected chi connectivity index (χ1v) is 6.03. The van der Waals surface area contributed by atoms with Crippen molar-refractivity contribution in [3.05, 3.63) is 29.8 Å². The predicted octanol–water partition coefficient (Wildman–Crippen LogP) is 3.16. The zero-order valence-corrected chi connectivity index (χ0v) is 11.1. The maximum absolute atomic E-state index is 15.0. The number of benzene rings is 1. The van der Waals surface area contributed by atoms with Gasteiger partial charge in [0.2, 0.25) is 0 Å². The number of alkyl halides is 1. The first kappa shape index (κ1) is 14.0. The van der Waals surface area contributed by atoms with Crippen LogP contribution in [-0.2, 0) is 5.67 Å². The van der Waals surface area contributed by atoms with E-state index in [0.717, 1.165) is 0 Å². The zero-order chi connectivity index (χ0) is 13.1. The van der Waals surface area contributed by atoms with Crippen molar-refractivity contribution in [2.45, 2.75) is 25.9 Å². The van der Waals surface area contributed by atoms with Crippen LogP contribution in [0.2, 0.25) is 0 Å². The van der Waals surface area contributed by atoms with Crippen molar-refractivity contribution in [2.24, 2.45) is 5.92 Å². The average Bonchev–Trinajstić information content (AvgIpc) is 2.27. The van der Waals surface area contributed by atoms with Crippen LogP contribution in [0.4, 0.5) is 4.39 Å². The van der Waals surface area contributed by atoms with E-state index in [4.69, 9.17) is 0 Å². The average molecular weight is 239 g/mol. The molecule has 0 heterocycles. The van der Waals surface area contributed by atoms with Gasteiger partial charge in [-0.2, -0.15) is 0 Å². The molecule has 0 saturated heterocycles. The summed E-state index contributed by atoms with van der Waals surface area (Å²) in [4.78, 5) is 1.98. The number of halogens is 1. The molecule has 17 heavy (non-hydrogen) atoms. The second kappa shape index (κ2) is 5.50. The molecule has 0 aromatic heterocycles. The number of hydrogen-bond acceptors (Lipinski definition) is 2. The van der Waals surface area contributed by atoms with Gasteiger partial charge in [-0.25, -0.2) is 4.39 Å². The van der Waals surface area contributed by atoms with Crippen LogP contribution in [-0.4, -0.2) is 30.6 Å². The smallest absolute Gasteiger partial charge is 0.139 e. The van der Waals surface area contributed by atoms with E-state index in [2.05, 4.69) is 0 Å². The summed E-state index contributed by atoms with van der Waals surface area (Å²) in [6.07, 6.45) is 0.408. The molecule has 1 rings (SSSR count). The summed E-state index contributed by atoms with van der Waals surface area (Å²) in [6.45, 7) is 4.43. The van der Waals surface area contributed by atoms with Crippen LogP contribution >= 0.6 is 0 Å². The molecule has 96 valence electrons. The van der Waals surface area contributed by atoms with Crippen LogP contribution in [0.25, 0.3) is 0 Å². The molecular formula is C14H22FNO. The van der Waals surface area contributed by atoms with Gasteiger partial charge < -0.3 is 10.0 Å². The minimum Gasteiger partial charge on any atom is -0.508 e. The molecule has 0 radical (unpaired) electrons. The van der Waals surface area contributed by atoms with Gasteiger partial charge in [0.25, 0.3) is 0 Å².